The van der Waals surface area contributed by atoms with Gasteiger partial charge in [-0.15, -0.1) is 0 Å². The molecule has 1 atom stereocenters. The maximum absolute atomic E-state index is 13.8. The fourth-order valence-electron chi connectivity index (χ4n) is 4.97. The van der Waals surface area contributed by atoms with Crippen molar-refractivity contribution >= 4 is 11.7 Å². The summed E-state index contributed by atoms with van der Waals surface area (Å²) in [6.45, 7) is 2.78. The minimum absolute atomic E-state index is 0.0324. The van der Waals surface area contributed by atoms with E-state index in [1.165, 1.54) is 12.1 Å². The smallest absolute Gasteiger partial charge is 0.433 e. The van der Waals surface area contributed by atoms with Crippen molar-refractivity contribution in [2.75, 3.05) is 13.2 Å². The molecule has 1 unspecified atom stereocenters. The number of carbonyl (C=O) groups excluding carboxylic acids is 2. The van der Waals surface area contributed by atoms with Crippen molar-refractivity contribution in [3.8, 4) is 28.0 Å². The van der Waals surface area contributed by atoms with E-state index in [0.29, 0.717) is 42.1 Å². The fraction of sp³-hybridized carbons (Fsp3) is 0.296. The van der Waals surface area contributed by atoms with Crippen LogP contribution in [0.4, 0.5) is 13.2 Å². The molecule has 3 aromatic rings. The Labute approximate surface area is 205 Å². The second kappa shape index (κ2) is 8.74. The first-order valence-electron chi connectivity index (χ1n) is 11.5. The summed E-state index contributed by atoms with van der Waals surface area (Å²) in [5.74, 6) is -0.593. The number of rotatable bonds is 3. The number of primary amides is 1. The van der Waals surface area contributed by atoms with E-state index in [4.69, 9.17) is 15.2 Å². The van der Waals surface area contributed by atoms with Gasteiger partial charge >= 0.3 is 6.18 Å². The first kappa shape index (κ1) is 24.0. The number of halogens is 3. The number of ether oxygens (including phenoxy) is 2. The number of ketones is 1. The lowest BCUT2D eigenvalue weighted by molar-refractivity contribution is -0.140. The third kappa shape index (κ3) is 4.24. The lowest BCUT2D eigenvalue weighted by Gasteiger charge is -2.40. The van der Waals surface area contributed by atoms with Crippen molar-refractivity contribution in [3.63, 3.8) is 0 Å². The molecule has 1 aromatic heterocycles. The Kier molecular flexibility index (Phi) is 5.83. The zero-order valence-electron chi connectivity index (χ0n) is 19.4. The van der Waals surface area contributed by atoms with Gasteiger partial charge in [-0.25, -0.2) is 0 Å². The van der Waals surface area contributed by atoms with E-state index in [-0.39, 0.29) is 28.9 Å². The molecule has 1 fully saturated rings. The predicted molar refractivity (Wildman–Crippen MR) is 126 cm³/mol. The number of alkyl halides is 3. The van der Waals surface area contributed by atoms with Gasteiger partial charge in [0.25, 0.3) is 0 Å². The van der Waals surface area contributed by atoms with E-state index in [9.17, 15) is 22.8 Å². The molecule has 2 aromatic carbocycles. The number of Topliss-reactive ketones (excluding diaryl/α,β-unsaturated/α-hetero) is 1. The number of nitrogens with two attached hydrogens (primary N) is 1. The van der Waals surface area contributed by atoms with Crippen LogP contribution in [0.3, 0.4) is 0 Å². The Balaban J connectivity index is 1.62. The van der Waals surface area contributed by atoms with Crippen molar-refractivity contribution in [1.29, 1.82) is 0 Å². The largest absolute Gasteiger partial charge is 0.484 e. The van der Waals surface area contributed by atoms with Gasteiger partial charge in [-0.3, -0.25) is 14.6 Å². The second-order valence-electron chi connectivity index (χ2n) is 9.23. The molecule has 3 heterocycles. The number of pyridine rings is 1. The van der Waals surface area contributed by atoms with E-state index in [1.54, 1.807) is 30.3 Å². The minimum atomic E-state index is -4.79. The number of amides is 1. The molecule has 2 N–H and O–H groups in total. The Morgan fingerprint density at radius 2 is 1.86 bits per heavy atom. The van der Waals surface area contributed by atoms with Crippen LogP contribution >= 0.6 is 0 Å². The van der Waals surface area contributed by atoms with Crippen molar-refractivity contribution in [1.82, 2.24) is 4.98 Å². The molecule has 36 heavy (non-hydrogen) atoms. The monoisotopic (exact) mass is 496 g/mol. The van der Waals surface area contributed by atoms with Crippen LogP contribution in [0.2, 0.25) is 0 Å². The van der Waals surface area contributed by atoms with Gasteiger partial charge < -0.3 is 15.2 Å². The molecule has 1 spiro atoms. The standard InChI is InChI=1S/C27H23F3N2O4/c1-15-3-4-17(23-19(25(31)34)7-9-32-24(23)27(28,29)30)11-20(15)16-5-6-18-21(33)13-26(36-22(18)12-16)8-2-10-35-14-26/h3-7,9,11-12H,2,8,10,13-14H2,1H3,(H2,31,34). The van der Waals surface area contributed by atoms with Crippen molar-refractivity contribution in [2.45, 2.75) is 38.0 Å². The molecule has 0 saturated carbocycles. The van der Waals surface area contributed by atoms with Crippen LogP contribution in [0, 0.1) is 6.92 Å². The Morgan fingerprint density at radius 3 is 2.56 bits per heavy atom. The summed E-state index contributed by atoms with van der Waals surface area (Å²) in [5, 5.41) is 0. The van der Waals surface area contributed by atoms with Crippen LogP contribution < -0.4 is 10.5 Å². The van der Waals surface area contributed by atoms with Gasteiger partial charge in [0.1, 0.15) is 11.4 Å². The van der Waals surface area contributed by atoms with Crippen LogP contribution in [-0.4, -0.2) is 35.5 Å². The molecule has 0 radical (unpaired) electrons. The molecule has 9 heteroatoms. The van der Waals surface area contributed by atoms with Gasteiger partial charge in [0.15, 0.2) is 11.5 Å². The molecule has 186 valence electrons. The highest BCUT2D eigenvalue weighted by atomic mass is 19.4. The zero-order chi connectivity index (χ0) is 25.7. The van der Waals surface area contributed by atoms with E-state index < -0.39 is 23.4 Å². The summed E-state index contributed by atoms with van der Waals surface area (Å²) < 4.78 is 53.3. The molecule has 0 bridgehead atoms. The van der Waals surface area contributed by atoms with Crippen LogP contribution in [0.1, 0.15) is 51.2 Å². The summed E-state index contributed by atoms with van der Waals surface area (Å²) >= 11 is 0. The molecule has 1 saturated heterocycles. The van der Waals surface area contributed by atoms with E-state index >= 15 is 0 Å². The number of aryl methyl sites for hydroxylation is 1. The number of hydrogen-bond acceptors (Lipinski definition) is 5. The van der Waals surface area contributed by atoms with Crippen molar-refractivity contribution < 1.29 is 32.2 Å². The molecule has 2 aliphatic rings. The molecule has 5 rings (SSSR count). The Bertz CT molecular complexity index is 1380. The van der Waals surface area contributed by atoms with Crippen LogP contribution in [0.5, 0.6) is 5.75 Å². The number of carbonyl (C=O) groups is 2. The molecule has 2 aliphatic heterocycles. The van der Waals surface area contributed by atoms with Gasteiger partial charge in [0, 0.05) is 18.4 Å². The van der Waals surface area contributed by atoms with Gasteiger partial charge in [-0.05, 0) is 66.3 Å². The Hall–Kier alpha value is -3.72. The number of aromatic nitrogens is 1. The van der Waals surface area contributed by atoms with Crippen LogP contribution in [-0.2, 0) is 10.9 Å². The van der Waals surface area contributed by atoms with Crippen molar-refractivity contribution in [3.05, 3.63) is 71.0 Å². The molecular weight excluding hydrogens is 473 g/mol. The molecule has 0 aliphatic carbocycles. The maximum Gasteiger partial charge on any atom is 0.433 e. The fourth-order valence-corrected chi connectivity index (χ4v) is 4.97. The van der Waals surface area contributed by atoms with Gasteiger partial charge in [-0.2, -0.15) is 13.2 Å². The average molecular weight is 496 g/mol. The maximum atomic E-state index is 13.8. The Morgan fingerprint density at radius 1 is 1.08 bits per heavy atom. The third-order valence-electron chi connectivity index (χ3n) is 6.70. The molecule has 1 amide bonds. The van der Waals surface area contributed by atoms with Gasteiger partial charge in [0.05, 0.1) is 24.2 Å². The van der Waals surface area contributed by atoms with Crippen molar-refractivity contribution in [2.24, 2.45) is 5.73 Å². The lowest BCUT2D eigenvalue weighted by Crippen LogP contribution is -2.48. The number of fused-ring (bicyclic) bond motifs is 1. The van der Waals surface area contributed by atoms with E-state index in [1.807, 2.05) is 6.92 Å². The van der Waals surface area contributed by atoms with Gasteiger partial charge in [0.2, 0.25) is 5.91 Å². The number of nitrogens with zero attached hydrogens (tertiary/aromatic N) is 1. The van der Waals surface area contributed by atoms with E-state index in [0.717, 1.165) is 18.2 Å². The quantitative estimate of drug-likeness (QED) is 0.527. The summed E-state index contributed by atoms with van der Waals surface area (Å²) in [6, 6.07) is 11.1. The third-order valence-corrected chi connectivity index (χ3v) is 6.70. The minimum Gasteiger partial charge on any atom is -0.484 e. The highest BCUT2D eigenvalue weighted by molar-refractivity contribution is 6.02. The SMILES string of the molecule is Cc1ccc(-c2c(C(N)=O)ccnc2C(F)(F)F)cc1-c1ccc2c(c1)OC1(CCCOC1)CC2=O. The lowest BCUT2D eigenvalue weighted by atomic mass is 9.85. The molecule has 6 nitrogen and oxygen atoms in total. The predicted octanol–water partition coefficient (Wildman–Crippen LogP) is 5.36. The second-order valence-corrected chi connectivity index (χ2v) is 9.23. The highest BCUT2D eigenvalue weighted by Gasteiger charge is 2.42. The first-order valence-corrected chi connectivity index (χ1v) is 11.5. The summed E-state index contributed by atoms with van der Waals surface area (Å²) in [4.78, 5) is 28.4. The number of hydrogen-bond donors (Lipinski definition) is 1. The van der Waals surface area contributed by atoms with Gasteiger partial charge in [-0.1, -0.05) is 18.2 Å². The van der Waals surface area contributed by atoms with E-state index in [2.05, 4.69) is 4.98 Å². The average Bonchev–Trinajstić information content (AvgIpc) is 2.83. The summed E-state index contributed by atoms with van der Waals surface area (Å²) in [6.07, 6.45) is -2.14. The topological polar surface area (TPSA) is 91.5 Å². The highest BCUT2D eigenvalue weighted by Crippen LogP contribution is 2.42. The summed E-state index contributed by atoms with van der Waals surface area (Å²) in [5.41, 5.74) is 5.55. The van der Waals surface area contributed by atoms with Crippen LogP contribution in [0.15, 0.2) is 48.7 Å². The number of benzene rings is 2. The zero-order valence-corrected chi connectivity index (χ0v) is 19.4. The summed E-state index contributed by atoms with van der Waals surface area (Å²) in [7, 11) is 0. The van der Waals surface area contributed by atoms with Crippen LogP contribution in [0.25, 0.3) is 22.3 Å². The normalized spacial score (nSPS) is 19.6. The first-order chi connectivity index (χ1) is 17.1. The molecular formula is C27H23F3N2O4.